The first-order valence-corrected chi connectivity index (χ1v) is 7.19. The van der Waals surface area contributed by atoms with Crippen LogP contribution in [-0.4, -0.2) is 34.7 Å². The minimum Gasteiger partial charge on any atom is -0.345 e. The Morgan fingerprint density at radius 1 is 1.35 bits per heavy atom. The standard InChI is InChI=1S/C15H18BrN3O/c1-10-14(15(20)18(3)4)11(2)19(17-10)9-12-6-5-7-13(16)8-12/h5-8H,9H2,1-4H3. The highest BCUT2D eigenvalue weighted by atomic mass is 79.9. The molecule has 1 amide bonds. The molecule has 20 heavy (non-hydrogen) atoms. The van der Waals surface area contributed by atoms with Crippen LogP contribution in [0.1, 0.15) is 27.3 Å². The summed E-state index contributed by atoms with van der Waals surface area (Å²) < 4.78 is 2.93. The summed E-state index contributed by atoms with van der Waals surface area (Å²) in [5.41, 5.74) is 3.52. The van der Waals surface area contributed by atoms with Gasteiger partial charge in [0.2, 0.25) is 0 Å². The number of benzene rings is 1. The maximum absolute atomic E-state index is 12.2. The van der Waals surface area contributed by atoms with Crippen molar-refractivity contribution in [3.8, 4) is 0 Å². The summed E-state index contributed by atoms with van der Waals surface area (Å²) in [6.07, 6.45) is 0. The van der Waals surface area contributed by atoms with Crippen molar-refractivity contribution >= 4 is 21.8 Å². The first-order chi connectivity index (χ1) is 9.40. The average Bonchev–Trinajstić information content (AvgIpc) is 2.63. The lowest BCUT2D eigenvalue weighted by Gasteiger charge is -2.10. The Bertz CT molecular complexity index is 647. The molecule has 5 heteroatoms. The van der Waals surface area contributed by atoms with Gasteiger partial charge in [-0.2, -0.15) is 5.10 Å². The molecule has 1 heterocycles. The predicted octanol–water partition coefficient (Wildman–Crippen LogP) is 3.01. The third kappa shape index (κ3) is 2.93. The topological polar surface area (TPSA) is 38.1 Å². The first kappa shape index (κ1) is 14.8. The van der Waals surface area contributed by atoms with E-state index in [1.54, 1.807) is 19.0 Å². The van der Waals surface area contributed by atoms with Crippen LogP contribution in [0.5, 0.6) is 0 Å². The van der Waals surface area contributed by atoms with Gasteiger partial charge in [-0.05, 0) is 31.5 Å². The fourth-order valence-corrected chi connectivity index (χ4v) is 2.64. The van der Waals surface area contributed by atoms with Crippen LogP contribution in [0.15, 0.2) is 28.7 Å². The lowest BCUT2D eigenvalue weighted by atomic mass is 10.1. The lowest BCUT2D eigenvalue weighted by Crippen LogP contribution is -2.23. The van der Waals surface area contributed by atoms with Crippen LogP contribution in [0.4, 0.5) is 0 Å². The summed E-state index contributed by atoms with van der Waals surface area (Å²) in [7, 11) is 3.51. The largest absolute Gasteiger partial charge is 0.345 e. The normalized spacial score (nSPS) is 10.7. The molecule has 0 aliphatic carbocycles. The van der Waals surface area contributed by atoms with Crippen LogP contribution >= 0.6 is 15.9 Å². The smallest absolute Gasteiger partial charge is 0.257 e. The van der Waals surface area contributed by atoms with E-state index in [0.717, 1.165) is 21.4 Å². The van der Waals surface area contributed by atoms with Gasteiger partial charge in [-0.1, -0.05) is 28.1 Å². The second kappa shape index (κ2) is 5.79. The quantitative estimate of drug-likeness (QED) is 0.864. The molecular formula is C15H18BrN3O. The molecule has 0 radical (unpaired) electrons. The molecule has 0 aliphatic rings. The number of hydrogen-bond acceptors (Lipinski definition) is 2. The molecule has 0 atom stereocenters. The highest BCUT2D eigenvalue weighted by molar-refractivity contribution is 9.10. The highest BCUT2D eigenvalue weighted by Gasteiger charge is 2.19. The van der Waals surface area contributed by atoms with Crippen LogP contribution < -0.4 is 0 Å². The Labute approximate surface area is 127 Å². The Balaban J connectivity index is 2.35. The SMILES string of the molecule is Cc1nn(Cc2cccc(Br)c2)c(C)c1C(=O)N(C)C. The number of carbonyl (C=O) groups excluding carboxylic acids is 1. The van der Waals surface area contributed by atoms with E-state index < -0.39 is 0 Å². The van der Waals surface area contributed by atoms with Gasteiger partial charge in [0.05, 0.1) is 17.8 Å². The molecule has 2 aromatic rings. The molecule has 0 bridgehead atoms. The third-order valence-corrected chi connectivity index (χ3v) is 3.72. The summed E-state index contributed by atoms with van der Waals surface area (Å²) in [5.74, 6) is 0.000456. The molecule has 2 rings (SSSR count). The lowest BCUT2D eigenvalue weighted by molar-refractivity contribution is 0.0826. The molecular weight excluding hydrogens is 318 g/mol. The summed E-state index contributed by atoms with van der Waals surface area (Å²) in [6, 6.07) is 8.10. The maximum Gasteiger partial charge on any atom is 0.257 e. The Hall–Kier alpha value is -1.62. The van der Waals surface area contributed by atoms with E-state index in [0.29, 0.717) is 12.1 Å². The first-order valence-electron chi connectivity index (χ1n) is 6.40. The number of halogens is 1. The Kier molecular flexibility index (Phi) is 4.28. The molecule has 1 aromatic heterocycles. The molecule has 0 saturated carbocycles. The van der Waals surface area contributed by atoms with E-state index in [2.05, 4.69) is 33.2 Å². The minimum atomic E-state index is 0.000456. The average molecular weight is 336 g/mol. The van der Waals surface area contributed by atoms with Gasteiger partial charge >= 0.3 is 0 Å². The van der Waals surface area contributed by atoms with E-state index in [1.165, 1.54) is 0 Å². The van der Waals surface area contributed by atoms with Crippen LogP contribution in [0.25, 0.3) is 0 Å². The van der Waals surface area contributed by atoms with Crippen molar-refractivity contribution in [1.29, 1.82) is 0 Å². The van der Waals surface area contributed by atoms with Gasteiger partial charge in [0.25, 0.3) is 5.91 Å². The van der Waals surface area contributed by atoms with Crippen LogP contribution in [0.2, 0.25) is 0 Å². The van der Waals surface area contributed by atoms with Gasteiger partial charge in [-0.3, -0.25) is 9.48 Å². The molecule has 0 fully saturated rings. The number of carbonyl (C=O) groups is 1. The van der Waals surface area contributed by atoms with Crippen LogP contribution in [-0.2, 0) is 6.54 Å². The maximum atomic E-state index is 12.2. The van der Waals surface area contributed by atoms with Crippen molar-refractivity contribution in [2.24, 2.45) is 0 Å². The van der Waals surface area contributed by atoms with Gasteiger partial charge in [0.1, 0.15) is 0 Å². The molecule has 0 spiro atoms. The zero-order valence-electron chi connectivity index (χ0n) is 12.1. The molecule has 0 unspecified atom stereocenters. The van der Waals surface area contributed by atoms with Crippen LogP contribution in [0.3, 0.4) is 0 Å². The number of rotatable bonds is 3. The van der Waals surface area contributed by atoms with Crippen molar-refractivity contribution in [3.05, 3.63) is 51.3 Å². The van der Waals surface area contributed by atoms with E-state index in [9.17, 15) is 4.79 Å². The molecule has 0 N–H and O–H groups in total. The number of aromatic nitrogens is 2. The van der Waals surface area contributed by atoms with E-state index in [1.807, 2.05) is 30.7 Å². The summed E-state index contributed by atoms with van der Waals surface area (Å²) in [5, 5.41) is 4.49. The summed E-state index contributed by atoms with van der Waals surface area (Å²) in [4.78, 5) is 13.8. The van der Waals surface area contributed by atoms with Gasteiger partial charge in [-0.25, -0.2) is 0 Å². The number of nitrogens with zero attached hydrogens (tertiary/aromatic N) is 3. The summed E-state index contributed by atoms with van der Waals surface area (Å²) in [6.45, 7) is 4.47. The third-order valence-electron chi connectivity index (χ3n) is 3.22. The zero-order chi connectivity index (χ0) is 14.9. The second-order valence-electron chi connectivity index (χ2n) is 5.03. The van der Waals surface area contributed by atoms with Gasteiger partial charge in [0, 0.05) is 24.3 Å². The second-order valence-corrected chi connectivity index (χ2v) is 5.95. The van der Waals surface area contributed by atoms with Crippen molar-refractivity contribution < 1.29 is 4.79 Å². The van der Waals surface area contributed by atoms with Gasteiger partial charge in [0.15, 0.2) is 0 Å². The predicted molar refractivity (Wildman–Crippen MR) is 83.0 cm³/mol. The summed E-state index contributed by atoms with van der Waals surface area (Å²) >= 11 is 3.47. The number of amides is 1. The molecule has 0 saturated heterocycles. The van der Waals surface area contributed by atoms with Crippen molar-refractivity contribution in [2.45, 2.75) is 20.4 Å². The Morgan fingerprint density at radius 2 is 2.05 bits per heavy atom. The highest BCUT2D eigenvalue weighted by Crippen LogP contribution is 2.18. The van der Waals surface area contributed by atoms with Gasteiger partial charge < -0.3 is 4.90 Å². The fraction of sp³-hybridized carbons (Fsp3) is 0.333. The molecule has 106 valence electrons. The van der Waals surface area contributed by atoms with Crippen molar-refractivity contribution in [2.75, 3.05) is 14.1 Å². The van der Waals surface area contributed by atoms with Crippen LogP contribution in [0, 0.1) is 13.8 Å². The Morgan fingerprint density at radius 3 is 2.65 bits per heavy atom. The van der Waals surface area contributed by atoms with E-state index in [4.69, 9.17) is 0 Å². The molecule has 0 aliphatic heterocycles. The van der Waals surface area contributed by atoms with E-state index in [-0.39, 0.29) is 5.91 Å². The fourth-order valence-electron chi connectivity index (χ4n) is 2.19. The van der Waals surface area contributed by atoms with Crippen molar-refractivity contribution in [3.63, 3.8) is 0 Å². The zero-order valence-corrected chi connectivity index (χ0v) is 13.7. The monoisotopic (exact) mass is 335 g/mol. The van der Waals surface area contributed by atoms with E-state index >= 15 is 0 Å². The number of aryl methyl sites for hydroxylation is 1. The minimum absolute atomic E-state index is 0.000456. The number of hydrogen-bond donors (Lipinski definition) is 0. The van der Waals surface area contributed by atoms with Gasteiger partial charge in [-0.15, -0.1) is 0 Å². The molecule has 4 nitrogen and oxygen atoms in total. The van der Waals surface area contributed by atoms with Crippen molar-refractivity contribution in [1.82, 2.24) is 14.7 Å². The molecule has 1 aromatic carbocycles.